The molecule has 3 nitrogen and oxygen atoms in total. The molecule has 9 heavy (non-hydrogen) atoms. The summed E-state index contributed by atoms with van der Waals surface area (Å²) < 4.78 is 4.85. The summed E-state index contributed by atoms with van der Waals surface area (Å²) in [6.07, 6.45) is 2.30. The van der Waals surface area contributed by atoms with Crippen molar-refractivity contribution in [3.8, 4) is 0 Å². The van der Waals surface area contributed by atoms with Crippen molar-refractivity contribution in [3.05, 3.63) is 12.3 Å². The Kier molecular flexibility index (Phi) is 1.27. The summed E-state index contributed by atoms with van der Waals surface area (Å²) in [4.78, 5) is 0. The first-order valence-corrected chi connectivity index (χ1v) is 2.81. The monoisotopic (exact) mass is 125 g/mol. The van der Waals surface area contributed by atoms with Crippen LogP contribution in [0.5, 0.6) is 0 Å². The van der Waals surface area contributed by atoms with Crippen LogP contribution in [-0.4, -0.2) is 10.2 Å². The first-order valence-electron chi connectivity index (χ1n) is 2.81. The fourth-order valence-corrected chi connectivity index (χ4v) is 0.453. The summed E-state index contributed by atoms with van der Waals surface area (Å²) >= 11 is 0. The van der Waals surface area contributed by atoms with Crippen LogP contribution in [-0.2, 0) is 5.41 Å². The summed E-state index contributed by atoms with van der Waals surface area (Å²) in [6.45, 7) is 6.02. The molecule has 1 aromatic heterocycles. The molecule has 0 amide bonds. The molecule has 0 aliphatic heterocycles. The average molecular weight is 125 g/mol. The molecule has 0 spiro atoms. The van der Waals surface area contributed by atoms with Gasteiger partial charge in [-0.05, 0) is 0 Å². The summed E-state index contributed by atoms with van der Waals surface area (Å²) in [5.41, 5.74) is -0.0486. The van der Waals surface area contributed by atoms with Gasteiger partial charge in [-0.25, -0.2) is 0 Å². The van der Waals surface area contributed by atoms with Gasteiger partial charge in [-0.15, -0.1) is 10.2 Å². The molecule has 0 unspecified atom stereocenters. The van der Waals surface area contributed by atoms with Gasteiger partial charge in [0.15, 0.2) is 0 Å². The third-order valence-corrected chi connectivity index (χ3v) is 0.966. The fraction of sp³-hybridized carbons (Fsp3) is 0.667. The van der Waals surface area contributed by atoms with Gasteiger partial charge in [-0.2, -0.15) is 0 Å². The van der Waals surface area contributed by atoms with Gasteiger partial charge in [0, 0.05) is 5.41 Å². The Morgan fingerprint density at radius 1 is 1.44 bits per heavy atom. The topological polar surface area (TPSA) is 38.9 Å². The van der Waals surface area contributed by atoms with Crippen LogP contribution in [0.25, 0.3) is 0 Å². The second kappa shape index (κ2) is 1.83. The lowest BCUT2D eigenvalue weighted by atomic mass is 9.97. The molecule has 1 aromatic rings. The molecule has 1 rings (SSSR count). The van der Waals surface area contributed by atoms with Gasteiger partial charge in [-0.1, -0.05) is 20.8 Å². The van der Waals surface area contributed by atoms with Crippen molar-refractivity contribution in [1.82, 2.24) is 10.2 Å². The van der Waals surface area contributed by atoms with Crippen molar-refractivity contribution in [2.24, 2.45) is 0 Å². The highest BCUT2D eigenvalue weighted by Crippen LogP contribution is 2.17. The molecule has 0 fully saturated rings. The predicted molar refractivity (Wildman–Crippen MR) is 31.8 cm³/mol. The standard InChI is InChI=1S/C6H9N2O/c1-6(2,3)5-8-7-4-9-5/h1-3H3. The second-order valence-electron chi connectivity index (χ2n) is 2.95. The fourth-order valence-electron chi connectivity index (χ4n) is 0.453. The Labute approximate surface area is 54.1 Å². The minimum absolute atomic E-state index is 0.0486. The Hall–Kier alpha value is -0.860. The Morgan fingerprint density at radius 3 is 2.33 bits per heavy atom. The van der Waals surface area contributed by atoms with Gasteiger partial charge >= 0.3 is 6.39 Å². The first-order chi connectivity index (χ1) is 4.11. The zero-order valence-corrected chi connectivity index (χ0v) is 5.80. The van der Waals surface area contributed by atoms with Gasteiger partial charge in [0.2, 0.25) is 5.89 Å². The highest BCUT2D eigenvalue weighted by Gasteiger charge is 2.18. The molecule has 3 heteroatoms. The number of nitrogens with zero attached hydrogens (tertiary/aromatic N) is 2. The molecule has 0 atom stereocenters. The van der Waals surface area contributed by atoms with Crippen molar-refractivity contribution >= 4 is 0 Å². The molecular weight excluding hydrogens is 116 g/mol. The molecule has 1 radical (unpaired) electrons. The van der Waals surface area contributed by atoms with Gasteiger partial charge in [0.25, 0.3) is 0 Å². The van der Waals surface area contributed by atoms with Crippen LogP contribution >= 0.6 is 0 Å². The molecule has 49 valence electrons. The lowest BCUT2D eigenvalue weighted by Gasteiger charge is -2.10. The smallest absolute Gasteiger partial charge is 0.305 e. The molecule has 1 heterocycles. The average Bonchev–Trinajstić information content (AvgIpc) is 2.08. The largest absolute Gasteiger partial charge is 0.416 e. The van der Waals surface area contributed by atoms with Crippen molar-refractivity contribution in [2.45, 2.75) is 26.2 Å². The van der Waals surface area contributed by atoms with E-state index in [9.17, 15) is 0 Å². The van der Waals surface area contributed by atoms with Crippen LogP contribution in [0.3, 0.4) is 0 Å². The van der Waals surface area contributed by atoms with E-state index in [2.05, 4.69) is 16.6 Å². The zero-order valence-electron chi connectivity index (χ0n) is 5.80. The van der Waals surface area contributed by atoms with Gasteiger partial charge < -0.3 is 4.42 Å². The maximum Gasteiger partial charge on any atom is 0.305 e. The van der Waals surface area contributed by atoms with E-state index in [1.54, 1.807) is 0 Å². The number of aromatic nitrogens is 2. The van der Waals surface area contributed by atoms with Gasteiger partial charge in [-0.3, -0.25) is 0 Å². The number of hydrogen-bond donors (Lipinski definition) is 0. The van der Waals surface area contributed by atoms with E-state index in [1.807, 2.05) is 20.8 Å². The molecule has 0 aliphatic rings. The van der Waals surface area contributed by atoms with Gasteiger partial charge in [0.1, 0.15) is 0 Å². The van der Waals surface area contributed by atoms with E-state index >= 15 is 0 Å². The van der Waals surface area contributed by atoms with E-state index in [0.717, 1.165) is 0 Å². The van der Waals surface area contributed by atoms with Crippen LogP contribution in [0.15, 0.2) is 4.42 Å². The predicted octanol–water partition coefficient (Wildman–Crippen LogP) is 1.17. The molecule has 0 aromatic carbocycles. The van der Waals surface area contributed by atoms with Crippen LogP contribution in [0, 0.1) is 6.39 Å². The maximum absolute atomic E-state index is 4.85. The SMILES string of the molecule is CC(C)(C)c1nn[c]o1. The zero-order chi connectivity index (χ0) is 6.91. The third-order valence-electron chi connectivity index (χ3n) is 0.966. The van der Waals surface area contributed by atoms with Gasteiger partial charge in [0.05, 0.1) is 0 Å². The second-order valence-corrected chi connectivity index (χ2v) is 2.95. The van der Waals surface area contributed by atoms with Crippen molar-refractivity contribution < 1.29 is 4.42 Å². The van der Waals surface area contributed by atoms with Crippen LogP contribution in [0.4, 0.5) is 0 Å². The lowest BCUT2D eigenvalue weighted by molar-refractivity contribution is 0.389. The Morgan fingerprint density at radius 2 is 2.11 bits per heavy atom. The summed E-state index contributed by atoms with van der Waals surface area (Å²) in [5, 5.41) is 7.16. The van der Waals surface area contributed by atoms with E-state index in [4.69, 9.17) is 4.42 Å². The Balaban J connectivity index is 2.90. The van der Waals surface area contributed by atoms with E-state index in [0.29, 0.717) is 5.89 Å². The molecule has 0 saturated carbocycles. The molecule has 0 N–H and O–H groups in total. The van der Waals surface area contributed by atoms with E-state index in [-0.39, 0.29) is 5.41 Å². The van der Waals surface area contributed by atoms with Crippen molar-refractivity contribution in [3.63, 3.8) is 0 Å². The van der Waals surface area contributed by atoms with E-state index < -0.39 is 0 Å². The highest BCUT2D eigenvalue weighted by molar-refractivity contribution is 4.92. The molecule has 0 saturated heterocycles. The highest BCUT2D eigenvalue weighted by atomic mass is 16.4. The summed E-state index contributed by atoms with van der Waals surface area (Å²) in [5.74, 6) is 0.627. The van der Waals surface area contributed by atoms with Crippen LogP contribution < -0.4 is 0 Å². The summed E-state index contributed by atoms with van der Waals surface area (Å²) in [6, 6.07) is 0. The van der Waals surface area contributed by atoms with Crippen molar-refractivity contribution in [2.75, 3.05) is 0 Å². The summed E-state index contributed by atoms with van der Waals surface area (Å²) in [7, 11) is 0. The van der Waals surface area contributed by atoms with Crippen molar-refractivity contribution in [1.29, 1.82) is 0 Å². The first kappa shape index (κ1) is 6.26. The Bertz CT molecular complexity index is 173. The number of rotatable bonds is 0. The quantitative estimate of drug-likeness (QED) is 0.522. The lowest BCUT2D eigenvalue weighted by Crippen LogP contribution is -2.11. The van der Waals surface area contributed by atoms with E-state index in [1.165, 1.54) is 0 Å². The maximum atomic E-state index is 4.85. The normalized spacial score (nSPS) is 11.9. The molecular formula is C6H9N2O. The van der Waals surface area contributed by atoms with Crippen LogP contribution in [0.2, 0.25) is 0 Å². The van der Waals surface area contributed by atoms with Crippen LogP contribution in [0.1, 0.15) is 26.7 Å². The third kappa shape index (κ3) is 1.28. The minimum Gasteiger partial charge on any atom is -0.416 e. The molecule has 0 bridgehead atoms. The number of hydrogen-bond acceptors (Lipinski definition) is 3. The minimum atomic E-state index is -0.0486. The molecule has 0 aliphatic carbocycles.